The van der Waals surface area contributed by atoms with E-state index in [2.05, 4.69) is 52.0 Å². The molecule has 1 aromatic carbocycles. The minimum atomic E-state index is 0.181. The first-order valence-corrected chi connectivity index (χ1v) is 7.71. The van der Waals surface area contributed by atoms with Gasteiger partial charge in [0.15, 0.2) is 0 Å². The lowest BCUT2D eigenvalue weighted by Gasteiger charge is -2.26. The third-order valence-electron chi connectivity index (χ3n) is 6.39. The number of hydrogen-bond donors (Lipinski definition) is 1. The van der Waals surface area contributed by atoms with Crippen LogP contribution in [0, 0.1) is 16.7 Å². The molecule has 1 atom stereocenters. The van der Waals surface area contributed by atoms with Gasteiger partial charge in [0.1, 0.15) is 0 Å². The maximum absolute atomic E-state index is 6.52. The van der Waals surface area contributed by atoms with Gasteiger partial charge in [0.25, 0.3) is 0 Å². The Morgan fingerprint density at radius 2 is 1.53 bits per heavy atom. The van der Waals surface area contributed by atoms with Gasteiger partial charge in [-0.3, -0.25) is 0 Å². The highest BCUT2D eigenvalue weighted by atomic mass is 14.8. The molecule has 104 valence electrons. The molecule has 0 saturated heterocycles. The molecule has 3 rings (SSSR count). The Balaban J connectivity index is 1.76. The summed E-state index contributed by atoms with van der Waals surface area (Å²) in [6, 6.07) is 9.33. The van der Waals surface area contributed by atoms with Crippen molar-refractivity contribution >= 4 is 0 Å². The quantitative estimate of drug-likeness (QED) is 0.839. The van der Waals surface area contributed by atoms with Crippen molar-refractivity contribution < 1.29 is 0 Å². The molecule has 2 saturated carbocycles. The summed E-state index contributed by atoms with van der Waals surface area (Å²) in [6.07, 6.45) is 4.14. The molecule has 0 bridgehead atoms. The summed E-state index contributed by atoms with van der Waals surface area (Å²) in [5, 5.41) is 0. The average molecular weight is 257 g/mol. The molecule has 0 aliphatic heterocycles. The van der Waals surface area contributed by atoms with Crippen LogP contribution in [0.2, 0.25) is 0 Å². The summed E-state index contributed by atoms with van der Waals surface area (Å²) in [7, 11) is 0. The maximum atomic E-state index is 6.52. The van der Waals surface area contributed by atoms with Crippen molar-refractivity contribution in [3.63, 3.8) is 0 Å². The molecular formula is C18H27N. The van der Waals surface area contributed by atoms with E-state index >= 15 is 0 Å². The molecule has 1 nitrogen and oxygen atoms in total. The van der Waals surface area contributed by atoms with E-state index in [4.69, 9.17) is 5.73 Å². The van der Waals surface area contributed by atoms with Gasteiger partial charge in [-0.15, -0.1) is 0 Å². The fraction of sp³-hybridized carbons (Fsp3) is 0.667. The highest BCUT2D eigenvalue weighted by Gasteiger charge is 2.66. The van der Waals surface area contributed by atoms with Crippen LogP contribution in [0.3, 0.4) is 0 Å². The van der Waals surface area contributed by atoms with Crippen molar-refractivity contribution in [1.82, 2.24) is 0 Å². The molecule has 0 radical (unpaired) electrons. The largest absolute Gasteiger partial charge is 0.324 e. The van der Waals surface area contributed by atoms with Crippen LogP contribution in [0.1, 0.15) is 70.0 Å². The summed E-state index contributed by atoms with van der Waals surface area (Å²) >= 11 is 0. The van der Waals surface area contributed by atoms with Gasteiger partial charge in [0.05, 0.1) is 0 Å². The Bertz CT molecular complexity index is 451. The van der Waals surface area contributed by atoms with Crippen LogP contribution in [0.4, 0.5) is 0 Å². The molecule has 0 spiro atoms. The van der Waals surface area contributed by atoms with E-state index in [1.54, 1.807) is 0 Å². The van der Waals surface area contributed by atoms with Gasteiger partial charge in [-0.25, -0.2) is 0 Å². The van der Waals surface area contributed by atoms with Crippen LogP contribution in [0.15, 0.2) is 24.3 Å². The molecule has 2 fully saturated rings. The zero-order valence-electron chi connectivity index (χ0n) is 12.7. The molecule has 1 unspecified atom stereocenters. The lowest BCUT2D eigenvalue weighted by molar-refractivity contribution is 0.419. The van der Waals surface area contributed by atoms with Crippen LogP contribution in [0.25, 0.3) is 0 Å². The van der Waals surface area contributed by atoms with Gasteiger partial charge in [0.2, 0.25) is 0 Å². The van der Waals surface area contributed by atoms with E-state index in [0.717, 1.165) is 5.92 Å². The van der Waals surface area contributed by atoms with E-state index in [0.29, 0.717) is 16.7 Å². The zero-order valence-corrected chi connectivity index (χ0v) is 12.7. The third kappa shape index (κ3) is 1.86. The van der Waals surface area contributed by atoms with Crippen LogP contribution >= 0.6 is 0 Å². The fourth-order valence-electron chi connectivity index (χ4n) is 4.07. The van der Waals surface area contributed by atoms with E-state index in [1.807, 2.05) is 0 Å². The third-order valence-corrected chi connectivity index (χ3v) is 6.39. The first kappa shape index (κ1) is 13.2. The van der Waals surface area contributed by atoms with Crippen LogP contribution in [-0.4, -0.2) is 0 Å². The number of hydrogen-bond acceptors (Lipinski definition) is 1. The smallest absolute Gasteiger partial charge is 0.0334 e. The number of rotatable bonds is 3. The van der Waals surface area contributed by atoms with E-state index in [9.17, 15) is 0 Å². The standard InChI is InChI=1S/C18H27N/c1-17(2)16(18(17,3)4)15(19)14-10-8-13(9-11-14)12-6-5-7-12/h8-12,15-16H,5-7,19H2,1-4H3. The van der Waals surface area contributed by atoms with Crippen LogP contribution < -0.4 is 5.73 Å². The van der Waals surface area contributed by atoms with Crippen molar-refractivity contribution in [2.45, 2.75) is 58.9 Å². The van der Waals surface area contributed by atoms with Crippen molar-refractivity contribution in [3.05, 3.63) is 35.4 Å². The van der Waals surface area contributed by atoms with Crippen molar-refractivity contribution in [3.8, 4) is 0 Å². The summed E-state index contributed by atoms with van der Waals surface area (Å²) in [5.41, 5.74) is 10.1. The molecule has 0 heterocycles. The summed E-state index contributed by atoms with van der Waals surface area (Å²) in [6.45, 7) is 9.39. The maximum Gasteiger partial charge on any atom is 0.0334 e. The second-order valence-electron chi connectivity index (χ2n) is 7.74. The van der Waals surface area contributed by atoms with Crippen molar-refractivity contribution in [1.29, 1.82) is 0 Å². The molecule has 19 heavy (non-hydrogen) atoms. The molecule has 1 aromatic rings. The topological polar surface area (TPSA) is 26.0 Å². The molecular weight excluding hydrogens is 230 g/mol. The monoisotopic (exact) mass is 257 g/mol. The SMILES string of the molecule is CC1(C)C(C(N)c2ccc(C3CCC3)cc2)C1(C)C. The van der Waals surface area contributed by atoms with E-state index in [-0.39, 0.29) is 6.04 Å². The molecule has 2 aliphatic rings. The van der Waals surface area contributed by atoms with Crippen molar-refractivity contribution in [2.75, 3.05) is 0 Å². The number of nitrogens with two attached hydrogens (primary N) is 1. The Kier molecular flexibility index (Phi) is 2.83. The Morgan fingerprint density at radius 1 is 1.00 bits per heavy atom. The molecule has 2 N–H and O–H groups in total. The predicted octanol–water partition coefficient (Wildman–Crippen LogP) is 4.64. The minimum absolute atomic E-state index is 0.181. The minimum Gasteiger partial charge on any atom is -0.324 e. The second-order valence-corrected chi connectivity index (χ2v) is 7.74. The van der Waals surface area contributed by atoms with Gasteiger partial charge >= 0.3 is 0 Å². The van der Waals surface area contributed by atoms with Gasteiger partial charge in [-0.2, -0.15) is 0 Å². The summed E-state index contributed by atoms with van der Waals surface area (Å²) in [5.74, 6) is 1.41. The summed E-state index contributed by atoms with van der Waals surface area (Å²) < 4.78 is 0. The molecule has 2 aliphatic carbocycles. The average Bonchev–Trinajstić information content (AvgIpc) is 2.67. The second kappa shape index (κ2) is 4.09. The molecule has 1 heteroatoms. The van der Waals surface area contributed by atoms with E-state index in [1.165, 1.54) is 30.4 Å². The van der Waals surface area contributed by atoms with Crippen molar-refractivity contribution in [2.24, 2.45) is 22.5 Å². The van der Waals surface area contributed by atoms with Gasteiger partial charge in [0, 0.05) is 6.04 Å². The molecule has 0 aromatic heterocycles. The van der Waals surface area contributed by atoms with Gasteiger partial charge in [-0.05, 0) is 46.6 Å². The summed E-state index contributed by atoms with van der Waals surface area (Å²) in [4.78, 5) is 0. The first-order chi connectivity index (χ1) is 8.85. The fourth-order valence-corrected chi connectivity index (χ4v) is 4.07. The van der Waals surface area contributed by atoms with Crippen LogP contribution in [-0.2, 0) is 0 Å². The molecule has 0 amide bonds. The highest BCUT2D eigenvalue weighted by molar-refractivity contribution is 5.31. The number of benzene rings is 1. The Hall–Kier alpha value is -0.820. The lowest BCUT2D eigenvalue weighted by Crippen LogP contribution is -2.17. The van der Waals surface area contributed by atoms with Gasteiger partial charge in [-0.1, -0.05) is 58.4 Å². The lowest BCUT2D eigenvalue weighted by atomic mass is 9.79. The Morgan fingerprint density at radius 3 is 1.89 bits per heavy atom. The van der Waals surface area contributed by atoms with Crippen LogP contribution in [0.5, 0.6) is 0 Å². The first-order valence-electron chi connectivity index (χ1n) is 7.71. The Labute approximate surface area is 117 Å². The normalized spacial score (nSPS) is 26.8. The van der Waals surface area contributed by atoms with E-state index < -0.39 is 0 Å². The predicted molar refractivity (Wildman–Crippen MR) is 81.0 cm³/mol. The highest BCUT2D eigenvalue weighted by Crippen LogP contribution is 2.71. The zero-order chi connectivity index (χ0) is 13.8. The van der Waals surface area contributed by atoms with Gasteiger partial charge < -0.3 is 5.73 Å².